The second kappa shape index (κ2) is 10.8. The van der Waals surface area contributed by atoms with Crippen molar-refractivity contribution in [2.24, 2.45) is 0 Å². The minimum Gasteiger partial charge on any atom is -1.00 e. The highest BCUT2D eigenvalue weighted by Crippen LogP contribution is 2.31. The van der Waals surface area contributed by atoms with Crippen molar-refractivity contribution in [3.8, 4) is 0 Å². The standard InChI is InChI=1S/C26H34N6O.ClH/c1-19-9-11-22(12-10-19)25(26-27-28-29-32(26)18-23-7-5-17-33-23)31-15-13-30(14-16-31)24-8-4-6-20(2)21(24)3;/h4,6,8-12,23,25H,5,7,13-18H2,1-3H3;1H/p-1. The topological polar surface area (TPSA) is 59.3 Å². The molecule has 0 saturated carbocycles. The van der Waals surface area contributed by atoms with E-state index in [0.29, 0.717) is 6.54 Å². The van der Waals surface area contributed by atoms with Gasteiger partial charge in [-0.2, -0.15) is 0 Å². The van der Waals surface area contributed by atoms with Gasteiger partial charge in [-0.15, -0.1) is 5.10 Å². The summed E-state index contributed by atoms with van der Waals surface area (Å²) < 4.78 is 7.84. The molecule has 7 nitrogen and oxygen atoms in total. The van der Waals surface area contributed by atoms with Crippen LogP contribution in [0.5, 0.6) is 0 Å². The van der Waals surface area contributed by atoms with Crippen LogP contribution in [0.1, 0.15) is 47.0 Å². The Morgan fingerprint density at radius 3 is 2.47 bits per heavy atom. The van der Waals surface area contributed by atoms with Crippen LogP contribution in [0.4, 0.5) is 5.69 Å². The number of tetrazole rings is 1. The first-order chi connectivity index (χ1) is 16.1. The summed E-state index contributed by atoms with van der Waals surface area (Å²) in [7, 11) is 0. The van der Waals surface area contributed by atoms with Crippen LogP contribution in [0.15, 0.2) is 42.5 Å². The third-order valence-corrected chi connectivity index (χ3v) is 7.19. The molecule has 2 saturated heterocycles. The molecule has 182 valence electrons. The van der Waals surface area contributed by atoms with Crippen molar-refractivity contribution in [2.75, 3.05) is 37.7 Å². The molecule has 2 fully saturated rings. The van der Waals surface area contributed by atoms with Crippen LogP contribution in [0.3, 0.4) is 0 Å². The lowest BCUT2D eigenvalue weighted by molar-refractivity contribution is -0.00000864. The quantitative estimate of drug-likeness (QED) is 0.516. The maximum Gasteiger partial charge on any atom is 0.173 e. The molecule has 2 atom stereocenters. The Hall–Kier alpha value is -2.48. The van der Waals surface area contributed by atoms with E-state index in [9.17, 15) is 0 Å². The van der Waals surface area contributed by atoms with E-state index < -0.39 is 0 Å². The van der Waals surface area contributed by atoms with Crippen molar-refractivity contribution in [2.45, 2.75) is 52.3 Å². The van der Waals surface area contributed by atoms with Crippen LogP contribution in [0.25, 0.3) is 0 Å². The number of aromatic nitrogens is 4. The summed E-state index contributed by atoms with van der Waals surface area (Å²) >= 11 is 0. The fourth-order valence-corrected chi connectivity index (χ4v) is 5.09. The van der Waals surface area contributed by atoms with Gasteiger partial charge >= 0.3 is 0 Å². The molecule has 2 unspecified atom stereocenters. The number of piperazine rings is 1. The minimum absolute atomic E-state index is 0. The Kier molecular flexibility index (Phi) is 7.86. The number of halogens is 1. The van der Waals surface area contributed by atoms with Crippen molar-refractivity contribution in [3.63, 3.8) is 0 Å². The Labute approximate surface area is 208 Å². The lowest BCUT2D eigenvalue weighted by Crippen LogP contribution is -3.00. The second-order valence-corrected chi connectivity index (χ2v) is 9.41. The van der Waals surface area contributed by atoms with Gasteiger partial charge in [0.25, 0.3) is 0 Å². The molecule has 1 aromatic heterocycles. The van der Waals surface area contributed by atoms with Gasteiger partial charge in [-0.1, -0.05) is 42.0 Å². The van der Waals surface area contributed by atoms with Crippen molar-refractivity contribution >= 4 is 5.69 Å². The number of anilines is 1. The van der Waals surface area contributed by atoms with Crippen LogP contribution in [0, 0.1) is 20.8 Å². The van der Waals surface area contributed by atoms with Crippen molar-refractivity contribution in [3.05, 3.63) is 70.5 Å². The molecule has 3 heterocycles. The summed E-state index contributed by atoms with van der Waals surface area (Å²) in [4.78, 5) is 5.05. The number of benzene rings is 2. The number of hydrogen-bond donors (Lipinski definition) is 0. The van der Waals surface area contributed by atoms with Gasteiger partial charge in [-0.05, 0) is 66.8 Å². The first-order valence-electron chi connectivity index (χ1n) is 12.1. The molecule has 8 heteroatoms. The molecular weight excluding hydrogens is 448 g/mol. The molecule has 5 rings (SSSR count). The number of ether oxygens (including phenoxy) is 1. The third kappa shape index (κ3) is 5.11. The first-order valence-corrected chi connectivity index (χ1v) is 12.1. The molecule has 0 spiro atoms. The van der Waals surface area contributed by atoms with Crippen LogP contribution in [-0.4, -0.2) is 64.0 Å². The molecular formula is C26H34ClN6O-. The maximum atomic E-state index is 5.88. The van der Waals surface area contributed by atoms with Crippen molar-refractivity contribution in [1.29, 1.82) is 0 Å². The fraction of sp³-hybridized carbons (Fsp3) is 0.500. The zero-order valence-electron chi connectivity index (χ0n) is 20.3. The van der Waals surface area contributed by atoms with Crippen LogP contribution < -0.4 is 17.3 Å². The molecule has 2 aliphatic rings. The minimum atomic E-state index is 0. The molecule has 0 radical (unpaired) electrons. The van der Waals surface area contributed by atoms with Gasteiger partial charge < -0.3 is 22.0 Å². The largest absolute Gasteiger partial charge is 1.00 e. The van der Waals surface area contributed by atoms with Gasteiger partial charge in [0.15, 0.2) is 5.82 Å². The van der Waals surface area contributed by atoms with E-state index in [-0.39, 0.29) is 24.6 Å². The number of aryl methyl sites for hydroxylation is 2. The summed E-state index contributed by atoms with van der Waals surface area (Å²) in [6.45, 7) is 12.0. The Morgan fingerprint density at radius 1 is 1.00 bits per heavy atom. The molecule has 0 aliphatic carbocycles. The molecule has 2 aromatic carbocycles. The molecule has 0 amide bonds. The number of hydrogen-bond acceptors (Lipinski definition) is 6. The highest BCUT2D eigenvalue weighted by molar-refractivity contribution is 5.56. The summed E-state index contributed by atoms with van der Waals surface area (Å²) in [5.74, 6) is 0.912. The summed E-state index contributed by atoms with van der Waals surface area (Å²) in [6.07, 6.45) is 2.39. The molecule has 0 N–H and O–H groups in total. The van der Waals surface area contributed by atoms with E-state index in [1.165, 1.54) is 27.9 Å². The van der Waals surface area contributed by atoms with E-state index in [1.807, 2.05) is 4.68 Å². The zero-order chi connectivity index (χ0) is 22.8. The average molecular weight is 482 g/mol. The fourth-order valence-electron chi connectivity index (χ4n) is 5.09. The van der Waals surface area contributed by atoms with Gasteiger partial charge in [0.1, 0.15) is 0 Å². The summed E-state index contributed by atoms with van der Waals surface area (Å²) in [5.41, 5.74) is 6.58. The zero-order valence-corrected chi connectivity index (χ0v) is 21.1. The summed E-state index contributed by atoms with van der Waals surface area (Å²) in [5, 5.41) is 13.0. The Bertz CT molecular complexity index is 1070. The normalized spacial score (nSPS) is 19.7. The van der Waals surface area contributed by atoms with Crippen LogP contribution in [-0.2, 0) is 11.3 Å². The monoisotopic (exact) mass is 481 g/mol. The predicted molar refractivity (Wildman–Crippen MR) is 130 cm³/mol. The first kappa shape index (κ1) is 24.6. The highest BCUT2D eigenvalue weighted by atomic mass is 35.5. The van der Waals surface area contributed by atoms with E-state index in [4.69, 9.17) is 4.74 Å². The van der Waals surface area contributed by atoms with Gasteiger partial charge in [0, 0.05) is 38.5 Å². The number of rotatable bonds is 6. The van der Waals surface area contributed by atoms with E-state index in [0.717, 1.165) is 51.5 Å². The lowest BCUT2D eigenvalue weighted by atomic mass is 10.0. The van der Waals surface area contributed by atoms with Gasteiger partial charge in [-0.3, -0.25) is 4.90 Å². The summed E-state index contributed by atoms with van der Waals surface area (Å²) in [6, 6.07) is 15.4. The lowest BCUT2D eigenvalue weighted by Gasteiger charge is -2.40. The van der Waals surface area contributed by atoms with E-state index in [1.54, 1.807) is 0 Å². The van der Waals surface area contributed by atoms with Crippen LogP contribution in [0.2, 0.25) is 0 Å². The molecule has 0 bridgehead atoms. The molecule has 34 heavy (non-hydrogen) atoms. The smallest absolute Gasteiger partial charge is 0.173 e. The SMILES string of the molecule is Cc1ccc(C(c2nnnn2CC2CCCO2)N2CCN(c3cccc(C)c3C)CC2)cc1.[Cl-]. The predicted octanol–water partition coefficient (Wildman–Crippen LogP) is 0.693. The molecule has 2 aliphatic heterocycles. The van der Waals surface area contributed by atoms with Gasteiger partial charge in [-0.25, -0.2) is 4.68 Å². The number of nitrogens with zero attached hydrogens (tertiary/aromatic N) is 6. The van der Waals surface area contributed by atoms with Crippen LogP contribution >= 0.6 is 0 Å². The average Bonchev–Trinajstić information content (AvgIpc) is 3.51. The maximum absolute atomic E-state index is 5.88. The van der Waals surface area contributed by atoms with Crippen molar-refractivity contribution in [1.82, 2.24) is 25.1 Å². The van der Waals surface area contributed by atoms with E-state index in [2.05, 4.69) is 88.6 Å². The Morgan fingerprint density at radius 2 is 1.76 bits per heavy atom. The molecule has 3 aromatic rings. The Balaban J connectivity index is 0.00000274. The third-order valence-electron chi connectivity index (χ3n) is 7.19. The second-order valence-electron chi connectivity index (χ2n) is 9.41. The van der Waals surface area contributed by atoms with Crippen molar-refractivity contribution < 1.29 is 17.1 Å². The highest BCUT2D eigenvalue weighted by Gasteiger charge is 2.32. The van der Waals surface area contributed by atoms with Gasteiger partial charge in [0.2, 0.25) is 0 Å². The van der Waals surface area contributed by atoms with Gasteiger partial charge in [0.05, 0.1) is 18.7 Å². The van der Waals surface area contributed by atoms with E-state index >= 15 is 0 Å².